The average Bonchev–Trinajstić information content (AvgIpc) is 2.94. The Labute approximate surface area is 155 Å². The maximum atomic E-state index is 11.4. The van der Waals surface area contributed by atoms with E-state index in [-0.39, 0.29) is 18.1 Å². The number of hydrazone groups is 1. The highest BCUT2D eigenvalue weighted by Crippen LogP contribution is 2.18. The van der Waals surface area contributed by atoms with E-state index < -0.39 is 4.92 Å². The van der Waals surface area contributed by atoms with Gasteiger partial charge in [-0.2, -0.15) is 5.10 Å². The van der Waals surface area contributed by atoms with E-state index in [0.29, 0.717) is 23.0 Å². The Kier molecular flexibility index (Phi) is 6.61. The number of hydrogen-bond donors (Lipinski definition) is 1. The number of aromatic nitrogens is 1. The van der Waals surface area contributed by atoms with Crippen LogP contribution in [0.15, 0.2) is 28.7 Å². The first-order valence-corrected chi connectivity index (χ1v) is 8.78. The summed E-state index contributed by atoms with van der Waals surface area (Å²) >= 11 is 3.31. The lowest BCUT2D eigenvalue weighted by atomic mass is 10.2. The molecule has 0 bridgehead atoms. The fraction of sp³-hybridized carbons (Fsp3) is 0.214. The zero-order chi connectivity index (χ0) is 17.5. The number of carbonyl (C=O) groups is 1. The molecule has 10 heteroatoms. The van der Waals surface area contributed by atoms with Crippen molar-refractivity contribution in [2.45, 2.75) is 13.3 Å². The first-order chi connectivity index (χ1) is 11.5. The molecule has 0 radical (unpaired) electrons. The van der Waals surface area contributed by atoms with Crippen molar-refractivity contribution in [3.8, 4) is 0 Å². The van der Waals surface area contributed by atoms with Crippen LogP contribution in [0.1, 0.15) is 18.2 Å². The molecule has 0 aliphatic carbocycles. The zero-order valence-corrected chi connectivity index (χ0v) is 15.5. The van der Waals surface area contributed by atoms with Gasteiger partial charge in [0.25, 0.3) is 5.69 Å². The van der Waals surface area contributed by atoms with Crippen molar-refractivity contribution in [2.24, 2.45) is 5.10 Å². The van der Waals surface area contributed by atoms with Crippen molar-refractivity contribution in [3.05, 3.63) is 48.5 Å². The molecular formula is C14H13IN4O4S. The molecule has 24 heavy (non-hydrogen) atoms. The number of esters is 1. The summed E-state index contributed by atoms with van der Waals surface area (Å²) in [6.07, 6.45) is 1.58. The molecule has 1 aromatic carbocycles. The third-order valence-electron chi connectivity index (χ3n) is 2.67. The van der Waals surface area contributed by atoms with E-state index in [9.17, 15) is 14.9 Å². The molecule has 0 fully saturated rings. The Morgan fingerprint density at radius 2 is 2.33 bits per heavy atom. The number of nitrogens with one attached hydrogen (secondary N) is 1. The largest absolute Gasteiger partial charge is 0.466 e. The molecule has 0 aliphatic heterocycles. The SMILES string of the molecule is CCOC(=O)Cc1csc(NN=Cc2cc(I)cc([N+](=O)[O-])c2)n1. The van der Waals surface area contributed by atoms with E-state index in [1.54, 1.807) is 18.4 Å². The fourth-order valence-electron chi connectivity index (χ4n) is 1.74. The van der Waals surface area contributed by atoms with Crippen LogP contribution in [0.4, 0.5) is 10.8 Å². The number of nitro benzene ring substituents is 1. The smallest absolute Gasteiger partial charge is 0.311 e. The van der Waals surface area contributed by atoms with Crippen LogP contribution in [-0.2, 0) is 16.0 Å². The van der Waals surface area contributed by atoms with Crippen LogP contribution in [0.5, 0.6) is 0 Å². The van der Waals surface area contributed by atoms with Gasteiger partial charge in [-0.1, -0.05) is 0 Å². The van der Waals surface area contributed by atoms with Crippen LogP contribution in [0.25, 0.3) is 0 Å². The lowest BCUT2D eigenvalue weighted by Gasteiger charge is -1.98. The van der Waals surface area contributed by atoms with Crippen molar-refractivity contribution in [1.82, 2.24) is 4.98 Å². The summed E-state index contributed by atoms with van der Waals surface area (Å²) in [5, 5.41) is 17.1. The van der Waals surface area contributed by atoms with Gasteiger partial charge in [0.15, 0.2) is 0 Å². The zero-order valence-electron chi connectivity index (χ0n) is 12.6. The van der Waals surface area contributed by atoms with Crippen LogP contribution in [-0.4, -0.2) is 28.7 Å². The van der Waals surface area contributed by atoms with Crippen molar-refractivity contribution in [3.63, 3.8) is 0 Å². The maximum Gasteiger partial charge on any atom is 0.311 e. The van der Waals surface area contributed by atoms with Crippen LogP contribution in [0, 0.1) is 13.7 Å². The molecule has 2 aromatic rings. The van der Waals surface area contributed by atoms with Gasteiger partial charge in [0, 0.05) is 26.6 Å². The quantitative estimate of drug-likeness (QED) is 0.224. The number of nitrogens with zero attached hydrogens (tertiary/aromatic N) is 3. The molecule has 0 atom stereocenters. The van der Waals surface area contributed by atoms with Crippen molar-refractivity contribution in [2.75, 3.05) is 12.0 Å². The minimum Gasteiger partial charge on any atom is -0.466 e. The monoisotopic (exact) mass is 460 g/mol. The number of halogens is 1. The third-order valence-corrected chi connectivity index (χ3v) is 4.09. The van der Waals surface area contributed by atoms with Gasteiger partial charge in [0.05, 0.1) is 29.9 Å². The summed E-state index contributed by atoms with van der Waals surface area (Å²) in [5.41, 5.74) is 3.95. The number of non-ortho nitro benzene ring substituents is 1. The van der Waals surface area contributed by atoms with Gasteiger partial charge in [-0.25, -0.2) is 4.98 Å². The van der Waals surface area contributed by atoms with Gasteiger partial charge in [0.1, 0.15) is 0 Å². The Balaban J connectivity index is 1.98. The third kappa shape index (κ3) is 5.53. The predicted octanol–water partition coefficient (Wildman–Crippen LogP) is 3.21. The first kappa shape index (κ1) is 18.3. The number of thiazole rings is 1. The van der Waals surface area contributed by atoms with Gasteiger partial charge >= 0.3 is 5.97 Å². The molecule has 0 unspecified atom stereocenters. The topological polar surface area (TPSA) is 107 Å². The number of nitro groups is 1. The van der Waals surface area contributed by atoms with Gasteiger partial charge in [-0.3, -0.25) is 20.3 Å². The Bertz CT molecular complexity index is 778. The maximum absolute atomic E-state index is 11.4. The highest BCUT2D eigenvalue weighted by Gasteiger charge is 2.09. The Morgan fingerprint density at radius 1 is 1.54 bits per heavy atom. The molecule has 0 saturated heterocycles. The number of benzene rings is 1. The van der Waals surface area contributed by atoms with E-state index >= 15 is 0 Å². The highest BCUT2D eigenvalue weighted by atomic mass is 127. The van der Waals surface area contributed by atoms with Crippen molar-refractivity contribution < 1.29 is 14.5 Å². The second kappa shape index (κ2) is 8.68. The number of hydrogen-bond acceptors (Lipinski definition) is 8. The number of ether oxygens (including phenoxy) is 1. The molecule has 0 aliphatic rings. The van der Waals surface area contributed by atoms with E-state index in [1.807, 2.05) is 22.6 Å². The summed E-state index contributed by atoms with van der Waals surface area (Å²) in [4.78, 5) is 26.0. The first-order valence-electron chi connectivity index (χ1n) is 6.82. The molecule has 1 aromatic heterocycles. The summed E-state index contributed by atoms with van der Waals surface area (Å²) in [6, 6.07) is 4.68. The second-order valence-electron chi connectivity index (χ2n) is 4.50. The lowest BCUT2D eigenvalue weighted by Crippen LogP contribution is -2.07. The summed E-state index contributed by atoms with van der Waals surface area (Å²) in [7, 11) is 0. The van der Waals surface area contributed by atoms with Crippen molar-refractivity contribution in [1.29, 1.82) is 0 Å². The predicted molar refractivity (Wildman–Crippen MR) is 99.5 cm³/mol. The van der Waals surface area contributed by atoms with E-state index in [2.05, 4.69) is 15.5 Å². The van der Waals surface area contributed by atoms with Gasteiger partial charge in [-0.15, -0.1) is 11.3 Å². The van der Waals surface area contributed by atoms with Gasteiger partial charge in [0.2, 0.25) is 5.13 Å². The second-order valence-corrected chi connectivity index (χ2v) is 6.60. The molecule has 2 rings (SSSR count). The van der Waals surface area contributed by atoms with E-state index in [4.69, 9.17) is 4.74 Å². The molecular weight excluding hydrogens is 447 g/mol. The molecule has 0 spiro atoms. The van der Waals surface area contributed by atoms with Crippen LogP contribution >= 0.6 is 33.9 Å². The molecule has 0 amide bonds. The van der Waals surface area contributed by atoms with E-state index in [0.717, 1.165) is 3.57 Å². The van der Waals surface area contributed by atoms with Gasteiger partial charge < -0.3 is 4.74 Å². The van der Waals surface area contributed by atoms with Crippen LogP contribution < -0.4 is 5.43 Å². The Morgan fingerprint density at radius 3 is 3.04 bits per heavy atom. The minimum absolute atomic E-state index is 0.00863. The minimum atomic E-state index is -0.449. The molecule has 126 valence electrons. The summed E-state index contributed by atoms with van der Waals surface area (Å²) in [5.74, 6) is -0.330. The molecule has 1 heterocycles. The number of anilines is 1. The fourth-order valence-corrected chi connectivity index (χ4v) is 3.08. The highest BCUT2D eigenvalue weighted by molar-refractivity contribution is 14.1. The lowest BCUT2D eigenvalue weighted by molar-refractivity contribution is -0.384. The number of carbonyl (C=O) groups excluding carboxylic acids is 1. The van der Waals surface area contributed by atoms with E-state index in [1.165, 1.54) is 29.7 Å². The molecule has 0 saturated carbocycles. The van der Waals surface area contributed by atoms with Crippen LogP contribution in [0.2, 0.25) is 0 Å². The van der Waals surface area contributed by atoms with Crippen LogP contribution in [0.3, 0.4) is 0 Å². The normalized spacial score (nSPS) is 10.8. The standard InChI is InChI=1S/C14H13IN4O4S/c1-2-23-13(20)6-11-8-24-14(17-11)18-16-7-9-3-10(15)5-12(4-9)19(21)22/h3-5,7-8H,2,6H2,1H3,(H,17,18). The van der Waals surface area contributed by atoms with Crippen molar-refractivity contribution >= 4 is 56.9 Å². The van der Waals surface area contributed by atoms with Gasteiger partial charge in [-0.05, 0) is 35.6 Å². The molecule has 1 N–H and O–H groups in total. The summed E-state index contributed by atoms with van der Waals surface area (Å²) < 4.78 is 5.60. The average molecular weight is 460 g/mol. The Hall–Kier alpha value is -2.08. The summed E-state index contributed by atoms with van der Waals surface area (Å²) in [6.45, 7) is 2.08. The molecule has 8 nitrogen and oxygen atoms in total. The number of rotatable bonds is 7.